The molecule has 5 unspecified atom stereocenters. The molecule has 0 amide bonds. The SMILES string of the molecule is CC/C=C\C/C=C\C/C=C\C/C=C\C/C=C\C/C=C\CCCCCCCCCCCCCCCCC(=O)OCC(O)COP(=O)(O)OCC(O)COP(=O)(O)OCC(COC(=O)CCCCCCCCCC/C=C\C/C=C\C/C=C\C/C=C\C/C=C\C/C=C\CC)OC(=O)CCCCCC/C=C\C/C=C\C/C=C\C/C=C\CC. The van der Waals surface area contributed by atoms with Crippen molar-refractivity contribution in [3.63, 3.8) is 0 Å². The Kier molecular flexibility index (Phi) is 81.5. The zero-order valence-corrected chi connectivity index (χ0v) is 72.3. The molecule has 0 aromatic carbocycles. The molecule has 0 fully saturated rings. The number of aliphatic hydroxyl groups excluding tert-OH is 2. The Morgan fingerprint density at radius 1 is 0.248 bits per heavy atom. The second kappa shape index (κ2) is 85.8. The number of carbonyl (C=O) groups is 3. The summed E-state index contributed by atoms with van der Waals surface area (Å²) >= 11 is 0. The Bertz CT molecular complexity index is 2830. The summed E-state index contributed by atoms with van der Waals surface area (Å²) in [5.74, 6) is -1.62. The number of aliphatic hydroxyl groups is 2. The van der Waals surface area contributed by atoms with Crippen LogP contribution in [0.4, 0.5) is 0 Å². The summed E-state index contributed by atoms with van der Waals surface area (Å²) in [6, 6.07) is 0. The molecular formula is C95H156O16P2. The largest absolute Gasteiger partial charge is 0.472 e. The van der Waals surface area contributed by atoms with E-state index in [4.69, 9.17) is 32.3 Å². The van der Waals surface area contributed by atoms with Gasteiger partial charge in [0.1, 0.15) is 25.4 Å². The van der Waals surface area contributed by atoms with Crippen LogP contribution >= 0.6 is 15.6 Å². The lowest BCUT2D eigenvalue weighted by atomic mass is 10.0. The van der Waals surface area contributed by atoms with Gasteiger partial charge < -0.3 is 34.2 Å². The third kappa shape index (κ3) is 87.1. The molecule has 0 aliphatic rings. The zero-order chi connectivity index (χ0) is 82.2. The van der Waals surface area contributed by atoms with Gasteiger partial charge in [-0.3, -0.25) is 32.5 Å². The second-order valence-corrected chi connectivity index (χ2v) is 31.5. The molecule has 0 spiro atoms. The van der Waals surface area contributed by atoms with E-state index >= 15 is 0 Å². The molecule has 0 saturated carbocycles. The van der Waals surface area contributed by atoms with Crippen LogP contribution in [0.2, 0.25) is 0 Å². The fourth-order valence-electron chi connectivity index (χ4n) is 11.3. The zero-order valence-electron chi connectivity index (χ0n) is 70.5. The van der Waals surface area contributed by atoms with Crippen molar-refractivity contribution in [3.05, 3.63) is 194 Å². The molecule has 0 rings (SSSR count). The van der Waals surface area contributed by atoms with Crippen molar-refractivity contribution in [1.29, 1.82) is 0 Å². The number of esters is 3. The van der Waals surface area contributed by atoms with Crippen LogP contribution in [0.25, 0.3) is 0 Å². The van der Waals surface area contributed by atoms with Gasteiger partial charge in [0, 0.05) is 19.3 Å². The minimum atomic E-state index is -4.95. The van der Waals surface area contributed by atoms with E-state index in [2.05, 4.69) is 215 Å². The van der Waals surface area contributed by atoms with Crippen LogP contribution in [0, 0.1) is 0 Å². The van der Waals surface area contributed by atoms with Gasteiger partial charge in [-0.05, 0) is 161 Å². The van der Waals surface area contributed by atoms with Gasteiger partial charge in [-0.15, -0.1) is 0 Å². The molecular weight excluding hydrogens is 1460 g/mol. The lowest BCUT2D eigenvalue weighted by Crippen LogP contribution is -2.30. The first-order valence-corrected chi connectivity index (χ1v) is 46.7. The van der Waals surface area contributed by atoms with Gasteiger partial charge in [0.2, 0.25) is 0 Å². The van der Waals surface area contributed by atoms with Crippen LogP contribution in [-0.2, 0) is 55.8 Å². The number of rotatable bonds is 81. The van der Waals surface area contributed by atoms with Crippen molar-refractivity contribution >= 4 is 33.6 Å². The van der Waals surface area contributed by atoms with E-state index in [1.807, 2.05) is 0 Å². The van der Waals surface area contributed by atoms with Crippen LogP contribution in [0.3, 0.4) is 0 Å². The predicted octanol–water partition coefficient (Wildman–Crippen LogP) is 26.7. The number of hydrogen-bond acceptors (Lipinski definition) is 14. The van der Waals surface area contributed by atoms with Crippen molar-refractivity contribution < 1.29 is 75.8 Å². The summed E-state index contributed by atoms with van der Waals surface area (Å²) in [4.78, 5) is 58.9. The Balaban J connectivity index is 4.56. The Morgan fingerprint density at radius 2 is 0.442 bits per heavy atom. The van der Waals surface area contributed by atoms with Crippen molar-refractivity contribution in [2.24, 2.45) is 0 Å². The number of unbranched alkanes of at least 4 members (excludes halogenated alkanes) is 26. The van der Waals surface area contributed by atoms with E-state index in [0.29, 0.717) is 19.3 Å². The quantitative estimate of drug-likeness (QED) is 0.0146. The molecule has 0 radical (unpaired) electrons. The van der Waals surface area contributed by atoms with Crippen molar-refractivity contribution in [2.45, 2.75) is 347 Å². The Morgan fingerprint density at radius 3 is 0.699 bits per heavy atom. The monoisotopic (exact) mass is 1620 g/mol. The number of ether oxygens (including phenoxy) is 3. The number of hydrogen-bond donors (Lipinski definition) is 4. The summed E-state index contributed by atoms with van der Waals surface area (Å²) in [5.41, 5.74) is 0. The maximum atomic E-state index is 13.0. The van der Waals surface area contributed by atoms with E-state index in [0.717, 1.165) is 199 Å². The topological polar surface area (TPSA) is 231 Å². The van der Waals surface area contributed by atoms with E-state index < -0.39 is 91.5 Å². The number of carbonyl (C=O) groups excluding carboxylic acids is 3. The minimum Gasteiger partial charge on any atom is -0.463 e. The highest BCUT2D eigenvalue weighted by Gasteiger charge is 2.29. The first-order valence-electron chi connectivity index (χ1n) is 43.7. The number of phosphoric ester groups is 2. The van der Waals surface area contributed by atoms with E-state index in [1.165, 1.54) is 70.6 Å². The molecule has 642 valence electrons. The fourth-order valence-corrected chi connectivity index (χ4v) is 12.9. The first-order chi connectivity index (χ1) is 55.2. The molecule has 0 bridgehead atoms. The Labute approximate surface area is 687 Å². The van der Waals surface area contributed by atoms with Crippen LogP contribution in [0.15, 0.2) is 194 Å². The average molecular weight is 1620 g/mol. The molecule has 4 N–H and O–H groups in total. The average Bonchev–Trinajstić information content (AvgIpc) is 0.900. The van der Waals surface area contributed by atoms with Crippen LogP contribution in [-0.4, -0.2) is 95.9 Å². The maximum Gasteiger partial charge on any atom is 0.472 e. The molecule has 113 heavy (non-hydrogen) atoms. The first kappa shape index (κ1) is 107. The van der Waals surface area contributed by atoms with Crippen LogP contribution in [0.1, 0.15) is 329 Å². The molecule has 0 saturated heterocycles. The molecule has 5 atom stereocenters. The summed E-state index contributed by atoms with van der Waals surface area (Å²) in [6.45, 7) is 2.31. The summed E-state index contributed by atoms with van der Waals surface area (Å²) < 4.78 is 61.3. The van der Waals surface area contributed by atoms with Crippen molar-refractivity contribution in [1.82, 2.24) is 0 Å². The molecule has 0 aliphatic heterocycles. The van der Waals surface area contributed by atoms with E-state index in [-0.39, 0.29) is 19.3 Å². The van der Waals surface area contributed by atoms with Crippen molar-refractivity contribution in [3.8, 4) is 0 Å². The standard InChI is InChI=1S/C95H156O16P2/c1-4-7-10-13-16-19-22-25-28-31-33-35-37-39-41-42-43-44-45-46-48-50-51-53-55-58-60-63-66-69-72-75-78-81-93(98)105-84-90(96)85-107-112(101,102)108-86-91(97)87-109-113(103,104)110-89-92(111-95(100)83-80-77-74-71-68-65-62-57-30-27-24-21-18-15-12-9-6-3)88-106-94(99)82-79-76-73-70-67-64-61-59-56-54-52-49-47-40-38-36-34-32-29-26-23-20-17-14-11-8-5-2/h7-12,16-21,25-30,33-36,39-41,43-44,47,52,54,62,65,90-92,96-97H,4-6,13-15,22-24,31-32,37-38,42,45-46,48-51,53,55-61,63-64,66-89H2,1-3H3,(H,101,102)(H,103,104)/b10-7-,11-8-,12-9-,19-16-,20-17-,21-18-,28-25-,29-26-,30-27-,35-33-,36-34-,41-39-,44-43-,47-40-,54-52-,65-62-. The third-order valence-electron chi connectivity index (χ3n) is 17.8. The fraction of sp³-hybridized carbons (Fsp3) is 0.632. The van der Waals surface area contributed by atoms with Gasteiger partial charge in [-0.2, -0.15) is 0 Å². The van der Waals surface area contributed by atoms with Gasteiger partial charge in [0.15, 0.2) is 6.10 Å². The number of allylic oxidation sites excluding steroid dienone is 32. The Hall–Kier alpha value is -5.61. The summed E-state index contributed by atoms with van der Waals surface area (Å²) in [7, 11) is -9.82. The van der Waals surface area contributed by atoms with Crippen LogP contribution in [0.5, 0.6) is 0 Å². The summed E-state index contributed by atoms with van der Waals surface area (Å²) in [6.07, 6.45) is 113. The summed E-state index contributed by atoms with van der Waals surface area (Å²) in [5, 5.41) is 20.7. The maximum absolute atomic E-state index is 13.0. The smallest absolute Gasteiger partial charge is 0.463 e. The molecule has 0 heterocycles. The van der Waals surface area contributed by atoms with Gasteiger partial charge in [0.05, 0.1) is 26.4 Å². The lowest BCUT2D eigenvalue weighted by molar-refractivity contribution is -0.161. The molecule has 18 heteroatoms. The number of phosphoric acid groups is 2. The van der Waals surface area contributed by atoms with E-state index in [1.54, 1.807) is 0 Å². The highest BCUT2D eigenvalue weighted by atomic mass is 31.2. The minimum absolute atomic E-state index is 0.0682. The van der Waals surface area contributed by atoms with Gasteiger partial charge in [-0.25, -0.2) is 9.13 Å². The predicted molar refractivity (Wildman–Crippen MR) is 472 cm³/mol. The third-order valence-corrected chi connectivity index (χ3v) is 19.7. The van der Waals surface area contributed by atoms with E-state index in [9.17, 15) is 43.5 Å². The molecule has 0 aromatic rings. The molecule has 16 nitrogen and oxygen atoms in total. The highest BCUT2D eigenvalue weighted by Crippen LogP contribution is 2.45. The molecule has 0 aromatic heterocycles. The van der Waals surface area contributed by atoms with Crippen molar-refractivity contribution in [2.75, 3.05) is 39.6 Å². The van der Waals surface area contributed by atoms with Gasteiger partial charge in [0.25, 0.3) is 0 Å². The highest BCUT2D eigenvalue weighted by molar-refractivity contribution is 7.47. The van der Waals surface area contributed by atoms with Gasteiger partial charge >= 0.3 is 33.6 Å². The van der Waals surface area contributed by atoms with Crippen LogP contribution < -0.4 is 0 Å². The molecule has 0 aliphatic carbocycles. The normalized spacial score (nSPS) is 14.8. The van der Waals surface area contributed by atoms with Gasteiger partial charge in [-0.1, -0.05) is 344 Å². The second-order valence-electron chi connectivity index (χ2n) is 28.5. The lowest BCUT2D eigenvalue weighted by Gasteiger charge is -2.21.